The van der Waals surface area contributed by atoms with Gasteiger partial charge >= 0.3 is 6.18 Å². The minimum absolute atomic E-state index is 0.0694. The van der Waals surface area contributed by atoms with Gasteiger partial charge in [0, 0.05) is 17.0 Å². The van der Waals surface area contributed by atoms with Crippen LogP contribution in [0.15, 0.2) is 70.8 Å². The number of hydrogen-bond donors (Lipinski definition) is 0. The van der Waals surface area contributed by atoms with Crippen LogP contribution in [0.25, 0.3) is 0 Å². The van der Waals surface area contributed by atoms with Gasteiger partial charge in [-0.25, -0.2) is 0 Å². The highest BCUT2D eigenvalue weighted by Crippen LogP contribution is 2.44. The Hall–Kier alpha value is -3.81. The van der Waals surface area contributed by atoms with Crippen molar-refractivity contribution in [1.29, 1.82) is 0 Å². The molecule has 0 unspecified atom stereocenters. The lowest BCUT2D eigenvalue weighted by molar-refractivity contribution is -0.137. The Morgan fingerprint density at radius 1 is 0.949 bits per heavy atom. The van der Waals surface area contributed by atoms with Gasteiger partial charge in [-0.05, 0) is 66.8 Å². The van der Waals surface area contributed by atoms with E-state index in [9.17, 15) is 13.2 Å². The van der Waals surface area contributed by atoms with Crippen molar-refractivity contribution in [1.82, 2.24) is 0 Å². The predicted octanol–water partition coefficient (Wildman–Crippen LogP) is 7.54. The van der Waals surface area contributed by atoms with Gasteiger partial charge in [0.2, 0.25) is 0 Å². The second kappa shape index (κ2) is 11.1. The lowest BCUT2D eigenvalue weighted by atomic mass is 9.75. The van der Waals surface area contributed by atoms with Gasteiger partial charge in [-0.15, -0.1) is 0 Å². The van der Waals surface area contributed by atoms with Crippen molar-refractivity contribution in [3.05, 3.63) is 94.0 Å². The van der Waals surface area contributed by atoms with Crippen LogP contribution < -0.4 is 9.47 Å². The maximum atomic E-state index is 12.8. The van der Waals surface area contributed by atoms with Crippen LogP contribution in [0.5, 0.6) is 11.5 Å². The SMILES string of the molecule is COc1cc2c(cc1OC)[C@H]1CCCC[C@H]1N=C2c1cccc(C(C)=NOCc2ccc(C(F)(F)F)cc2)c1. The molecule has 0 amide bonds. The van der Waals surface area contributed by atoms with Crippen LogP contribution >= 0.6 is 0 Å². The van der Waals surface area contributed by atoms with Crippen molar-refractivity contribution in [3.63, 3.8) is 0 Å². The zero-order valence-corrected chi connectivity index (χ0v) is 22.2. The van der Waals surface area contributed by atoms with Crippen molar-refractivity contribution in [2.24, 2.45) is 10.1 Å². The Bertz CT molecular complexity index is 1400. The smallest absolute Gasteiger partial charge is 0.416 e. The Morgan fingerprint density at radius 2 is 1.67 bits per heavy atom. The second-order valence-electron chi connectivity index (χ2n) is 9.96. The van der Waals surface area contributed by atoms with Crippen molar-refractivity contribution in [2.75, 3.05) is 14.2 Å². The molecule has 0 N–H and O–H groups in total. The van der Waals surface area contributed by atoms with E-state index in [1.807, 2.05) is 37.3 Å². The van der Waals surface area contributed by atoms with E-state index in [1.165, 1.54) is 30.5 Å². The molecule has 1 aliphatic carbocycles. The van der Waals surface area contributed by atoms with Crippen molar-refractivity contribution < 1.29 is 27.5 Å². The lowest BCUT2D eigenvalue weighted by Gasteiger charge is -2.35. The number of alkyl halides is 3. The molecule has 0 spiro atoms. The third-order valence-corrected chi connectivity index (χ3v) is 7.50. The molecule has 2 aliphatic rings. The van der Waals surface area contributed by atoms with Gasteiger partial charge in [-0.2, -0.15) is 13.2 Å². The Kier molecular flexibility index (Phi) is 7.64. The average Bonchev–Trinajstić information content (AvgIpc) is 2.95. The maximum Gasteiger partial charge on any atom is 0.416 e. The number of aliphatic imine (C=N–C) groups is 1. The van der Waals surface area contributed by atoms with E-state index in [0.717, 1.165) is 53.1 Å². The molecule has 0 bridgehead atoms. The number of fused-ring (bicyclic) bond motifs is 3. The van der Waals surface area contributed by atoms with Crippen LogP contribution in [0.3, 0.4) is 0 Å². The minimum Gasteiger partial charge on any atom is -0.493 e. The largest absolute Gasteiger partial charge is 0.493 e. The molecule has 0 aromatic heterocycles. The topological polar surface area (TPSA) is 52.4 Å². The summed E-state index contributed by atoms with van der Waals surface area (Å²) in [6.07, 6.45) is 0.156. The minimum atomic E-state index is -4.36. The molecule has 0 saturated heterocycles. The second-order valence-corrected chi connectivity index (χ2v) is 9.96. The van der Waals surface area contributed by atoms with Crippen LogP contribution in [0.2, 0.25) is 0 Å². The van der Waals surface area contributed by atoms with Gasteiger partial charge in [0.15, 0.2) is 11.5 Å². The van der Waals surface area contributed by atoms with E-state index >= 15 is 0 Å². The zero-order chi connectivity index (χ0) is 27.6. The summed E-state index contributed by atoms with van der Waals surface area (Å²) in [5.41, 5.74) is 5.65. The number of methoxy groups -OCH3 is 2. The normalized spacial score (nSPS) is 19.0. The molecule has 5 nitrogen and oxygen atoms in total. The first kappa shape index (κ1) is 26.8. The van der Waals surface area contributed by atoms with E-state index in [1.54, 1.807) is 14.2 Å². The third kappa shape index (κ3) is 5.65. The first-order valence-corrected chi connectivity index (χ1v) is 13.1. The quantitative estimate of drug-likeness (QED) is 0.232. The summed E-state index contributed by atoms with van der Waals surface area (Å²) in [5, 5.41) is 4.23. The number of ether oxygens (including phenoxy) is 2. The molecule has 3 aromatic rings. The monoisotopic (exact) mass is 536 g/mol. The van der Waals surface area contributed by atoms with Crippen molar-refractivity contribution >= 4 is 11.4 Å². The molecular weight excluding hydrogens is 505 g/mol. The summed E-state index contributed by atoms with van der Waals surface area (Å²) in [6.45, 7) is 1.91. The molecule has 39 heavy (non-hydrogen) atoms. The number of halogens is 3. The fourth-order valence-corrected chi connectivity index (χ4v) is 5.44. The average molecular weight is 537 g/mol. The first-order chi connectivity index (χ1) is 18.8. The number of benzene rings is 3. The van der Waals surface area contributed by atoms with E-state index in [-0.39, 0.29) is 12.6 Å². The van der Waals surface area contributed by atoms with Gasteiger partial charge in [0.05, 0.1) is 37.2 Å². The van der Waals surface area contributed by atoms with E-state index in [0.29, 0.717) is 22.9 Å². The summed E-state index contributed by atoms with van der Waals surface area (Å²) < 4.78 is 49.6. The molecule has 2 atom stereocenters. The van der Waals surface area contributed by atoms with Gasteiger partial charge in [-0.3, -0.25) is 4.99 Å². The van der Waals surface area contributed by atoms with Gasteiger partial charge in [-0.1, -0.05) is 48.3 Å². The highest BCUT2D eigenvalue weighted by Gasteiger charge is 2.34. The Labute approximate surface area is 226 Å². The summed E-state index contributed by atoms with van der Waals surface area (Å²) in [7, 11) is 3.30. The van der Waals surface area contributed by atoms with E-state index < -0.39 is 11.7 Å². The number of hydrogen-bond acceptors (Lipinski definition) is 5. The van der Waals surface area contributed by atoms with Gasteiger partial charge in [0.25, 0.3) is 0 Å². The third-order valence-electron chi connectivity index (χ3n) is 7.50. The van der Waals surface area contributed by atoms with Crippen LogP contribution in [0.1, 0.15) is 71.9 Å². The lowest BCUT2D eigenvalue weighted by Crippen LogP contribution is -2.29. The first-order valence-electron chi connectivity index (χ1n) is 13.1. The van der Waals surface area contributed by atoms with Crippen LogP contribution in [0, 0.1) is 0 Å². The maximum absolute atomic E-state index is 12.8. The molecule has 8 heteroatoms. The molecule has 1 saturated carbocycles. The van der Waals surface area contributed by atoms with Crippen LogP contribution in [0.4, 0.5) is 13.2 Å². The zero-order valence-electron chi connectivity index (χ0n) is 22.2. The summed E-state index contributed by atoms with van der Waals surface area (Å²) >= 11 is 0. The molecular formula is C31H31F3N2O3. The van der Waals surface area contributed by atoms with Crippen molar-refractivity contribution in [3.8, 4) is 11.5 Å². The van der Waals surface area contributed by atoms with Crippen molar-refractivity contribution in [2.45, 2.75) is 57.3 Å². The predicted molar refractivity (Wildman–Crippen MR) is 145 cm³/mol. The number of oxime groups is 1. The van der Waals surface area contributed by atoms with Gasteiger partial charge in [0.1, 0.15) is 6.61 Å². The molecule has 1 aliphatic heterocycles. The molecule has 1 heterocycles. The molecule has 5 rings (SSSR count). The Balaban J connectivity index is 1.40. The fraction of sp³-hybridized carbons (Fsp3) is 0.355. The van der Waals surface area contributed by atoms with E-state index in [2.05, 4.69) is 11.2 Å². The van der Waals surface area contributed by atoms with Crippen LogP contribution in [-0.4, -0.2) is 31.7 Å². The fourth-order valence-electron chi connectivity index (χ4n) is 5.44. The molecule has 0 radical (unpaired) electrons. The number of rotatable bonds is 7. The highest BCUT2D eigenvalue weighted by atomic mass is 19.4. The highest BCUT2D eigenvalue weighted by molar-refractivity contribution is 6.16. The number of nitrogens with zero attached hydrogens (tertiary/aromatic N) is 2. The molecule has 3 aromatic carbocycles. The summed E-state index contributed by atoms with van der Waals surface area (Å²) in [5.74, 6) is 1.76. The standard InChI is InChI=1S/C31H31F3N2O3/c1-19(36-39-18-20-11-13-23(14-12-20)31(32,33)34)21-7-6-8-22(15-21)30-26-17-29(38-3)28(37-2)16-25(26)24-9-4-5-10-27(24)35-30/h6-8,11-17,24,27H,4-5,9-10,18H2,1-3H3/t24-,27-/m1/s1. The van der Waals surface area contributed by atoms with E-state index in [4.69, 9.17) is 19.3 Å². The summed E-state index contributed by atoms with van der Waals surface area (Å²) in [6, 6.07) is 17.3. The molecule has 204 valence electrons. The van der Waals surface area contributed by atoms with Gasteiger partial charge < -0.3 is 14.3 Å². The van der Waals surface area contributed by atoms with Crippen LogP contribution in [-0.2, 0) is 17.6 Å². The molecule has 1 fully saturated rings. The summed E-state index contributed by atoms with van der Waals surface area (Å²) in [4.78, 5) is 10.7. The Morgan fingerprint density at radius 3 is 2.38 bits per heavy atom.